The van der Waals surface area contributed by atoms with Gasteiger partial charge in [-0.25, -0.2) is 4.39 Å². The molecule has 2 nitrogen and oxygen atoms in total. The molecule has 3 rings (SSSR count). The Balaban J connectivity index is 2.21. The second-order valence-corrected chi connectivity index (χ2v) is 5.34. The second kappa shape index (κ2) is 5.31. The van der Waals surface area contributed by atoms with E-state index in [4.69, 9.17) is 0 Å². The quantitative estimate of drug-likeness (QED) is 0.762. The molecular formula is C16H11BrFNO. The standard InChI is InChI=1S/C16H11BrFNO/c17-13-5-2-6-14(18)15(13)16(20)11-4-1-3-10-7-8-19-9-12(10)11/h1-9,16,20H. The Morgan fingerprint density at radius 1 is 1.10 bits per heavy atom. The summed E-state index contributed by atoms with van der Waals surface area (Å²) < 4.78 is 14.5. The summed E-state index contributed by atoms with van der Waals surface area (Å²) in [7, 11) is 0. The monoisotopic (exact) mass is 331 g/mol. The maximum Gasteiger partial charge on any atom is 0.130 e. The summed E-state index contributed by atoms with van der Waals surface area (Å²) in [6.07, 6.45) is 2.33. The molecule has 0 radical (unpaired) electrons. The lowest BCUT2D eigenvalue weighted by Crippen LogP contribution is -2.04. The predicted molar refractivity (Wildman–Crippen MR) is 79.9 cm³/mol. The van der Waals surface area contributed by atoms with E-state index in [0.717, 1.165) is 10.8 Å². The lowest BCUT2D eigenvalue weighted by atomic mass is 9.97. The van der Waals surface area contributed by atoms with E-state index in [-0.39, 0.29) is 5.56 Å². The fourth-order valence-electron chi connectivity index (χ4n) is 2.30. The molecule has 0 aliphatic carbocycles. The Labute approximate surface area is 124 Å². The van der Waals surface area contributed by atoms with Crippen LogP contribution >= 0.6 is 15.9 Å². The van der Waals surface area contributed by atoms with Gasteiger partial charge in [0.2, 0.25) is 0 Å². The van der Waals surface area contributed by atoms with Crippen LogP contribution in [0.3, 0.4) is 0 Å². The van der Waals surface area contributed by atoms with Gasteiger partial charge >= 0.3 is 0 Å². The van der Waals surface area contributed by atoms with Gasteiger partial charge in [-0.05, 0) is 29.1 Å². The number of aliphatic hydroxyl groups excluding tert-OH is 1. The van der Waals surface area contributed by atoms with E-state index in [1.807, 2.05) is 18.2 Å². The number of rotatable bonds is 2. The fraction of sp³-hybridized carbons (Fsp3) is 0.0625. The molecule has 0 fully saturated rings. The summed E-state index contributed by atoms with van der Waals surface area (Å²) in [5.41, 5.74) is 0.880. The highest BCUT2D eigenvalue weighted by Crippen LogP contribution is 2.33. The van der Waals surface area contributed by atoms with Crippen LogP contribution in [0.5, 0.6) is 0 Å². The maximum atomic E-state index is 14.0. The van der Waals surface area contributed by atoms with Crippen LogP contribution in [0.25, 0.3) is 10.8 Å². The van der Waals surface area contributed by atoms with Gasteiger partial charge in [0, 0.05) is 27.8 Å². The molecule has 100 valence electrons. The van der Waals surface area contributed by atoms with Crippen molar-refractivity contribution in [2.45, 2.75) is 6.10 Å². The first-order chi connectivity index (χ1) is 9.68. The highest BCUT2D eigenvalue weighted by Gasteiger charge is 2.19. The van der Waals surface area contributed by atoms with Crippen molar-refractivity contribution < 1.29 is 9.50 Å². The number of hydrogen-bond donors (Lipinski definition) is 1. The molecular weight excluding hydrogens is 321 g/mol. The first-order valence-corrected chi connectivity index (χ1v) is 6.92. The first-order valence-electron chi connectivity index (χ1n) is 6.13. The average Bonchev–Trinajstić information content (AvgIpc) is 2.46. The van der Waals surface area contributed by atoms with E-state index in [9.17, 15) is 9.50 Å². The largest absolute Gasteiger partial charge is 0.383 e. The third kappa shape index (κ3) is 2.21. The van der Waals surface area contributed by atoms with Crippen LogP contribution in [0.2, 0.25) is 0 Å². The molecule has 1 heterocycles. The summed E-state index contributed by atoms with van der Waals surface area (Å²) >= 11 is 3.29. The zero-order valence-corrected chi connectivity index (χ0v) is 12.0. The van der Waals surface area contributed by atoms with Crippen molar-refractivity contribution in [3.63, 3.8) is 0 Å². The van der Waals surface area contributed by atoms with E-state index >= 15 is 0 Å². The highest BCUT2D eigenvalue weighted by molar-refractivity contribution is 9.10. The van der Waals surface area contributed by atoms with Crippen molar-refractivity contribution in [1.29, 1.82) is 0 Å². The Morgan fingerprint density at radius 2 is 1.90 bits per heavy atom. The number of aromatic nitrogens is 1. The van der Waals surface area contributed by atoms with E-state index in [1.54, 1.807) is 30.6 Å². The number of fused-ring (bicyclic) bond motifs is 1. The van der Waals surface area contributed by atoms with Crippen molar-refractivity contribution in [3.05, 3.63) is 76.3 Å². The van der Waals surface area contributed by atoms with Gasteiger partial charge in [-0.1, -0.05) is 40.2 Å². The number of nitrogens with zero attached hydrogens (tertiary/aromatic N) is 1. The van der Waals surface area contributed by atoms with Crippen molar-refractivity contribution in [1.82, 2.24) is 4.98 Å². The van der Waals surface area contributed by atoms with Crippen LogP contribution < -0.4 is 0 Å². The minimum absolute atomic E-state index is 0.240. The minimum Gasteiger partial charge on any atom is -0.383 e. The van der Waals surface area contributed by atoms with Crippen LogP contribution in [0.15, 0.2) is 59.3 Å². The van der Waals surface area contributed by atoms with Crippen LogP contribution in [0.1, 0.15) is 17.2 Å². The number of hydrogen-bond acceptors (Lipinski definition) is 2. The molecule has 20 heavy (non-hydrogen) atoms. The SMILES string of the molecule is OC(c1c(F)cccc1Br)c1cccc2ccncc12. The number of aliphatic hydroxyl groups is 1. The van der Waals surface area contributed by atoms with E-state index in [1.165, 1.54) is 6.07 Å². The third-order valence-electron chi connectivity index (χ3n) is 3.29. The molecule has 3 aromatic rings. The summed E-state index contributed by atoms with van der Waals surface area (Å²) in [5, 5.41) is 12.3. The zero-order valence-electron chi connectivity index (χ0n) is 10.4. The normalized spacial score (nSPS) is 12.6. The molecule has 0 aliphatic rings. The molecule has 1 aromatic heterocycles. The molecule has 1 unspecified atom stereocenters. The topological polar surface area (TPSA) is 33.1 Å². The van der Waals surface area contributed by atoms with Gasteiger partial charge in [0.15, 0.2) is 0 Å². The smallest absolute Gasteiger partial charge is 0.130 e. The van der Waals surface area contributed by atoms with Crippen LogP contribution in [0.4, 0.5) is 4.39 Å². The lowest BCUT2D eigenvalue weighted by molar-refractivity contribution is 0.215. The summed E-state index contributed by atoms with van der Waals surface area (Å²) in [6, 6.07) is 12.1. The number of benzene rings is 2. The molecule has 0 aliphatic heterocycles. The Morgan fingerprint density at radius 3 is 2.70 bits per heavy atom. The molecule has 1 N–H and O–H groups in total. The molecule has 4 heteroatoms. The zero-order chi connectivity index (χ0) is 14.1. The van der Waals surface area contributed by atoms with E-state index < -0.39 is 11.9 Å². The molecule has 0 spiro atoms. The van der Waals surface area contributed by atoms with Gasteiger partial charge in [0.1, 0.15) is 11.9 Å². The van der Waals surface area contributed by atoms with Crippen LogP contribution in [-0.4, -0.2) is 10.1 Å². The maximum absolute atomic E-state index is 14.0. The molecule has 0 bridgehead atoms. The molecule has 2 aromatic carbocycles. The summed E-state index contributed by atoms with van der Waals surface area (Å²) in [5.74, 6) is -0.437. The first kappa shape index (κ1) is 13.2. The number of pyridine rings is 1. The highest BCUT2D eigenvalue weighted by atomic mass is 79.9. The van der Waals surface area contributed by atoms with Crippen molar-refractivity contribution in [2.75, 3.05) is 0 Å². The van der Waals surface area contributed by atoms with E-state index in [2.05, 4.69) is 20.9 Å². The van der Waals surface area contributed by atoms with E-state index in [0.29, 0.717) is 10.0 Å². The van der Waals surface area contributed by atoms with Crippen LogP contribution in [-0.2, 0) is 0 Å². The number of halogens is 2. The Hall–Kier alpha value is -1.78. The van der Waals surface area contributed by atoms with Crippen molar-refractivity contribution >= 4 is 26.7 Å². The van der Waals surface area contributed by atoms with Gasteiger partial charge in [0.25, 0.3) is 0 Å². The van der Waals surface area contributed by atoms with Crippen LogP contribution in [0, 0.1) is 5.82 Å². The van der Waals surface area contributed by atoms with Crippen molar-refractivity contribution in [2.24, 2.45) is 0 Å². The lowest BCUT2D eigenvalue weighted by Gasteiger charge is -2.16. The molecule has 0 saturated heterocycles. The second-order valence-electron chi connectivity index (χ2n) is 4.48. The van der Waals surface area contributed by atoms with Crippen molar-refractivity contribution in [3.8, 4) is 0 Å². The van der Waals surface area contributed by atoms with Gasteiger partial charge in [-0.3, -0.25) is 4.98 Å². The van der Waals surface area contributed by atoms with Gasteiger partial charge < -0.3 is 5.11 Å². The summed E-state index contributed by atoms with van der Waals surface area (Å²) in [4.78, 5) is 4.08. The minimum atomic E-state index is -1.04. The Bertz CT molecular complexity index is 750. The summed E-state index contributed by atoms with van der Waals surface area (Å²) in [6.45, 7) is 0. The van der Waals surface area contributed by atoms with Gasteiger partial charge in [-0.2, -0.15) is 0 Å². The fourth-order valence-corrected chi connectivity index (χ4v) is 2.86. The molecule has 1 atom stereocenters. The third-order valence-corrected chi connectivity index (χ3v) is 3.98. The molecule has 0 amide bonds. The average molecular weight is 332 g/mol. The van der Waals surface area contributed by atoms with Gasteiger partial charge in [-0.15, -0.1) is 0 Å². The molecule has 0 saturated carbocycles. The predicted octanol–water partition coefficient (Wildman–Crippen LogP) is 4.22. The Kier molecular flexibility index (Phi) is 3.51. The van der Waals surface area contributed by atoms with Gasteiger partial charge in [0.05, 0.1) is 0 Å².